The highest BCUT2D eigenvalue weighted by molar-refractivity contribution is 5.41. The maximum atomic E-state index is 9.71. The van der Waals surface area contributed by atoms with Gasteiger partial charge in [0, 0.05) is 26.2 Å². The lowest BCUT2D eigenvalue weighted by molar-refractivity contribution is 0.140. The fourth-order valence-electron chi connectivity index (χ4n) is 2.05. The number of hydrogen-bond donors (Lipinski definition) is 1. The Morgan fingerprint density at radius 2 is 2.24 bits per heavy atom. The maximum Gasteiger partial charge on any atom is 0.160 e. The normalized spacial score (nSPS) is 17.7. The van der Waals surface area contributed by atoms with Crippen molar-refractivity contribution in [2.45, 2.75) is 13.0 Å². The van der Waals surface area contributed by atoms with Gasteiger partial charge in [-0.2, -0.15) is 0 Å². The molecule has 0 amide bonds. The lowest BCUT2D eigenvalue weighted by Gasteiger charge is -2.19. The van der Waals surface area contributed by atoms with Crippen molar-refractivity contribution in [3.05, 3.63) is 23.8 Å². The zero-order valence-corrected chi connectivity index (χ0v) is 10.2. The van der Waals surface area contributed by atoms with Crippen LogP contribution in [0.1, 0.15) is 12.0 Å². The Hall–Kier alpha value is -1.26. The van der Waals surface area contributed by atoms with Gasteiger partial charge in [0.2, 0.25) is 0 Å². The van der Waals surface area contributed by atoms with Crippen molar-refractivity contribution >= 4 is 0 Å². The third-order valence-electron chi connectivity index (χ3n) is 2.96. The van der Waals surface area contributed by atoms with Gasteiger partial charge in [0.15, 0.2) is 11.5 Å². The summed E-state index contributed by atoms with van der Waals surface area (Å²) in [6, 6.07) is 5.56. The van der Waals surface area contributed by atoms with Gasteiger partial charge in [-0.3, -0.25) is 4.90 Å². The highest BCUT2D eigenvalue weighted by Crippen LogP contribution is 2.26. The van der Waals surface area contributed by atoms with E-state index in [4.69, 9.17) is 9.47 Å². The Balaban J connectivity index is 1.99. The largest absolute Gasteiger partial charge is 0.504 e. The molecule has 0 bridgehead atoms. The van der Waals surface area contributed by atoms with Crippen molar-refractivity contribution in [3.63, 3.8) is 0 Å². The first-order valence-electron chi connectivity index (χ1n) is 5.95. The highest BCUT2D eigenvalue weighted by Gasteiger charge is 2.10. The lowest BCUT2D eigenvalue weighted by Crippen LogP contribution is -2.25. The van der Waals surface area contributed by atoms with Gasteiger partial charge in [-0.05, 0) is 24.1 Å². The zero-order chi connectivity index (χ0) is 12.1. The van der Waals surface area contributed by atoms with E-state index in [0.717, 1.165) is 44.8 Å². The summed E-state index contributed by atoms with van der Waals surface area (Å²) in [5.41, 5.74) is 1.10. The van der Waals surface area contributed by atoms with Crippen LogP contribution in [0.4, 0.5) is 0 Å². The van der Waals surface area contributed by atoms with Crippen molar-refractivity contribution in [3.8, 4) is 11.5 Å². The number of phenols is 1. The molecule has 0 unspecified atom stereocenters. The van der Waals surface area contributed by atoms with Crippen LogP contribution in [-0.2, 0) is 11.3 Å². The van der Waals surface area contributed by atoms with Crippen molar-refractivity contribution in [2.75, 3.05) is 33.4 Å². The van der Waals surface area contributed by atoms with Gasteiger partial charge in [-0.25, -0.2) is 0 Å². The van der Waals surface area contributed by atoms with Crippen LogP contribution in [0.2, 0.25) is 0 Å². The quantitative estimate of drug-likeness (QED) is 0.867. The Morgan fingerprint density at radius 3 is 3.00 bits per heavy atom. The fraction of sp³-hybridized carbons (Fsp3) is 0.538. The molecule has 0 aliphatic carbocycles. The molecule has 1 N–H and O–H groups in total. The van der Waals surface area contributed by atoms with Crippen LogP contribution >= 0.6 is 0 Å². The van der Waals surface area contributed by atoms with E-state index in [1.807, 2.05) is 6.07 Å². The molecular formula is C13H19NO3. The topological polar surface area (TPSA) is 41.9 Å². The van der Waals surface area contributed by atoms with Crippen LogP contribution in [-0.4, -0.2) is 43.4 Å². The van der Waals surface area contributed by atoms with E-state index in [2.05, 4.69) is 4.90 Å². The Kier molecular flexibility index (Phi) is 4.23. The maximum absolute atomic E-state index is 9.71. The van der Waals surface area contributed by atoms with Crippen LogP contribution < -0.4 is 4.74 Å². The van der Waals surface area contributed by atoms with Crippen LogP contribution in [0.15, 0.2) is 18.2 Å². The number of hydrogen-bond acceptors (Lipinski definition) is 4. The van der Waals surface area contributed by atoms with Gasteiger partial charge >= 0.3 is 0 Å². The second-order valence-electron chi connectivity index (χ2n) is 4.25. The molecule has 1 aromatic carbocycles. The Bertz CT molecular complexity index is 360. The van der Waals surface area contributed by atoms with Gasteiger partial charge in [0.25, 0.3) is 0 Å². The summed E-state index contributed by atoms with van der Waals surface area (Å²) < 4.78 is 10.4. The van der Waals surface area contributed by atoms with Gasteiger partial charge in [-0.1, -0.05) is 6.07 Å². The molecule has 17 heavy (non-hydrogen) atoms. The SMILES string of the molecule is COc1ccc(CN2CCCOCC2)cc1O. The van der Waals surface area contributed by atoms with Crippen molar-refractivity contribution in [1.82, 2.24) is 4.90 Å². The molecule has 0 aromatic heterocycles. The third kappa shape index (κ3) is 3.35. The number of nitrogens with zero attached hydrogens (tertiary/aromatic N) is 1. The fourth-order valence-corrected chi connectivity index (χ4v) is 2.05. The van der Waals surface area contributed by atoms with Crippen LogP contribution in [0.3, 0.4) is 0 Å². The summed E-state index contributed by atoms with van der Waals surface area (Å²) in [6.45, 7) is 4.49. The number of rotatable bonds is 3. The first-order chi connectivity index (χ1) is 8.29. The van der Waals surface area contributed by atoms with Gasteiger partial charge in [0.1, 0.15) is 0 Å². The van der Waals surface area contributed by atoms with Gasteiger partial charge in [0.05, 0.1) is 13.7 Å². The van der Waals surface area contributed by atoms with E-state index in [-0.39, 0.29) is 5.75 Å². The average Bonchev–Trinajstić information content (AvgIpc) is 2.58. The number of aromatic hydroxyl groups is 1. The molecule has 1 aromatic rings. The Labute approximate surface area is 102 Å². The highest BCUT2D eigenvalue weighted by atomic mass is 16.5. The molecule has 1 aliphatic heterocycles. The van der Waals surface area contributed by atoms with Crippen molar-refractivity contribution in [2.24, 2.45) is 0 Å². The minimum Gasteiger partial charge on any atom is -0.504 e. The van der Waals surface area contributed by atoms with E-state index in [9.17, 15) is 5.11 Å². The third-order valence-corrected chi connectivity index (χ3v) is 2.96. The molecule has 94 valence electrons. The molecule has 4 heteroatoms. The van der Waals surface area contributed by atoms with E-state index >= 15 is 0 Å². The minimum absolute atomic E-state index is 0.205. The van der Waals surface area contributed by atoms with E-state index in [1.165, 1.54) is 0 Å². The monoisotopic (exact) mass is 237 g/mol. The van der Waals surface area contributed by atoms with E-state index in [1.54, 1.807) is 19.2 Å². The lowest BCUT2D eigenvalue weighted by atomic mass is 10.2. The molecule has 0 spiro atoms. The summed E-state index contributed by atoms with van der Waals surface area (Å²) >= 11 is 0. The molecule has 2 rings (SSSR count). The summed E-state index contributed by atoms with van der Waals surface area (Å²) in [7, 11) is 1.56. The van der Waals surface area contributed by atoms with Crippen molar-refractivity contribution in [1.29, 1.82) is 0 Å². The molecule has 1 aliphatic rings. The van der Waals surface area contributed by atoms with Gasteiger partial charge in [-0.15, -0.1) is 0 Å². The van der Waals surface area contributed by atoms with E-state index < -0.39 is 0 Å². The average molecular weight is 237 g/mol. The molecule has 0 atom stereocenters. The first-order valence-corrected chi connectivity index (χ1v) is 5.95. The molecule has 0 saturated carbocycles. The van der Waals surface area contributed by atoms with Crippen LogP contribution in [0, 0.1) is 0 Å². The summed E-state index contributed by atoms with van der Waals surface area (Å²) in [5.74, 6) is 0.726. The number of phenolic OH excluding ortho intramolecular Hbond substituents is 1. The van der Waals surface area contributed by atoms with Crippen LogP contribution in [0.25, 0.3) is 0 Å². The number of benzene rings is 1. The second-order valence-corrected chi connectivity index (χ2v) is 4.25. The predicted molar refractivity (Wildman–Crippen MR) is 65.4 cm³/mol. The predicted octanol–water partition coefficient (Wildman–Crippen LogP) is 1.62. The molecule has 1 fully saturated rings. The molecular weight excluding hydrogens is 218 g/mol. The Morgan fingerprint density at radius 1 is 1.35 bits per heavy atom. The van der Waals surface area contributed by atoms with E-state index in [0.29, 0.717) is 5.75 Å². The first kappa shape index (κ1) is 12.2. The summed E-state index contributed by atoms with van der Waals surface area (Å²) in [5, 5.41) is 9.71. The minimum atomic E-state index is 0.205. The second kappa shape index (κ2) is 5.89. The molecule has 1 saturated heterocycles. The van der Waals surface area contributed by atoms with Gasteiger partial charge < -0.3 is 14.6 Å². The van der Waals surface area contributed by atoms with Crippen LogP contribution in [0.5, 0.6) is 11.5 Å². The smallest absolute Gasteiger partial charge is 0.160 e. The van der Waals surface area contributed by atoms with Crippen molar-refractivity contribution < 1.29 is 14.6 Å². The zero-order valence-electron chi connectivity index (χ0n) is 10.2. The molecule has 1 heterocycles. The number of ether oxygens (including phenoxy) is 2. The number of methoxy groups -OCH3 is 1. The summed E-state index contributed by atoms with van der Waals surface area (Å²) in [6.07, 6.45) is 1.07. The summed E-state index contributed by atoms with van der Waals surface area (Å²) in [4.78, 5) is 2.34. The molecule has 0 radical (unpaired) electrons. The molecule has 4 nitrogen and oxygen atoms in total. The standard InChI is InChI=1S/C13H19NO3/c1-16-13-4-3-11(9-12(13)15)10-14-5-2-7-17-8-6-14/h3-4,9,15H,2,5-8,10H2,1H3.